The molecule has 0 fully saturated rings. The van der Waals surface area contributed by atoms with Crippen molar-refractivity contribution >= 4 is 60.5 Å². The van der Waals surface area contributed by atoms with E-state index in [1.54, 1.807) is 0 Å². The highest BCUT2D eigenvalue weighted by atomic mass is 15.1. The van der Waals surface area contributed by atoms with Gasteiger partial charge in [-0.1, -0.05) is 84.9 Å². The maximum Gasteiger partial charge on any atom is 0.0786 e. The Labute approximate surface area is 273 Å². The molecule has 2 heterocycles. The number of rotatable bonds is 5. The Balaban J connectivity index is 1.26. The molecule has 9 aromatic rings. The first-order valence-electron chi connectivity index (χ1n) is 16.1. The number of fused-ring (bicyclic) bond motifs is 6. The van der Waals surface area contributed by atoms with Gasteiger partial charge in [-0.25, -0.2) is 0 Å². The number of hydrogen-bond donors (Lipinski definition) is 0. The van der Waals surface area contributed by atoms with Crippen molar-refractivity contribution in [2.75, 3.05) is 4.90 Å². The van der Waals surface area contributed by atoms with E-state index in [4.69, 9.17) is 4.98 Å². The summed E-state index contributed by atoms with van der Waals surface area (Å²) in [5, 5.41) is 5.99. The molecule has 0 spiro atoms. The highest BCUT2D eigenvalue weighted by Crippen LogP contribution is 2.41. The Kier molecular flexibility index (Phi) is 6.36. The topological polar surface area (TPSA) is 21.1 Å². The SMILES string of the molecule is Cc1cnc2c(c1)c(-c1ccc(N(c3ccccc3)c3ccccc3)cc1)cc1cc3c(cc12)c1ccccc1n3-c1ccccc1. The summed E-state index contributed by atoms with van der Waals surface area (Å²) in [6.45, 7) is 2.12. The average Bonchev–Trinajstić information content (AvgIpc) is 3.45. The second-order valence-electron chi connectivity index (χ2n) is 12.2. The van der Waals surface area contributed by atoms with Crippen LogP contribution in [-0.2, 0) is 0 Å². The predicted molar refractivity (Wildman–Crippen MR) is 198 cm³/mol. The fourth-order valence-corrected chi connectivity index (χ4v) is 7.06. The van der Waals surface area contributed by atoms with E-state index in [1.807, 2.05) is 6.20 Å². The molecule has 47 heavy (non-hydrogen) atoms. The van der Waals surface area contributed by atoms with Crippen LogP contribution in [0.5, 0.6) is 0 Å². The fraction of sp³-hybridized carbons (Fsp3) is 0.0227. The smallest absolute Gasteiger partial charge is 0.0786 e. The third-order valence-electron chi connectivity index (χ3n) is 9.19. The van der Waals surface area contributed by atoms with Gasteiger partial charge in [0.1, 0.15) is 0 Å². The Morgan fingerprint density at radius 1 is 0.489 bits per heavy atom. The number of pyridine rings is 1. The third kappa shape index (κ3) is 4.55. The molecule has 9 rings (SSSR count). The van der Waals surface area contributed by atoms with Gasteiger partial charge in [0.25, 0.3) is 0 Å². The van der Waals surface area contributed by atoms with E-state index >= 15 is 0 Å². The number of aromatic nitrogens is 2. The second-order valence-corrected chi connectivity index (χ2v) is 12.2. The summed E-state index contributed by atoms with van der Waals surface area (Å²) >= 11 is 0. The van der Waals surface area contributed by atoms with E-state index < -0.39 is 0 Å². The molecular weight excluding hydrogens is 571 g/mol. The van der Waals surface area contributed by atoms with Crippen molar-refractivity contribution in [3.05, 3.63) is 176 Å². The molecule has 7 aromatic carbocycles. The Bertz CT molecular complexity index is 2510. The minimum atomic E-state index is 1.03. The van der Waals surface area contributed by atoms with Crippen LogP contribution in [0.1, 0.15) is 5.56 Å². The van der Waals surface area contributed by atoms with Gasteiger partial charge in [0.05, 0.1) is 16.6 Å². The Morgan fingerprint density at radius 3 is 1.81 bits per heavy atom. The zero-order valence-electron chi connectivity index (χ0n) is 26.0. The monoisotopic (exact) mass is 601 g/mol. The Morgan fingerprint density at radius 2 is 1.11 bits per heavy atom. The first-order valence-corrected chi connectivity index (χ1v) is 16.1. The van der Waals surface area contributed by atoms with Crippen LogP contribution in [0.15, 0.2) is 170 Å². The molecule has 222 valence electrons. The van der Waals surface area contributed by atoms with Gasteiger partial charge >= 0.3 is 0 Å². The van der Waals surface area contributed by atoms with Crippen molar-refractivity contribution in [2.24, 2.45) is 0 Å². The molecule has 0 amide bonds. The first kappa shape index (κ1) is 27.1. The van der Waals surface area contributed by atoms with Crippen LogP contribution in [0.25, 0.3) is 60.3 Å². The molecule has 3 nitrogen and oxygen atoms in total. The number of para-hydroxylation sites is 4. The minimum absolute atomic E-state index is 1.03. The third-order valence-corrected chi connectivity index (χ3v) is 9.19. The fourth-order valence-electron chi connectivity index (χ4n) is 7.06. The zero-order valence-corrected chi connectivity index (χ0v) is 26.0. The molecule has 0 saturated heterocycles. The van der Waals surface area contributed by atoms with E-state index in [1.165, 1.54) is 43.5 Å². The van der Waals surface area contributed by atoms with E-state index in [-0.39, 0.29) is 0 Å². The highest BCUT2D eigenvalue weighted by molar-refractivity contribution is 6.20. The number of hydrogen-bond acceptors (Lipinski definition) is 2. The summed E-state index contributed by atoms with van der Waals surface area (Å²) < 4.78 is 2.38. The summed E-state index contributed by atoms with van der Waals surface area (Å²) in [6.07, 6.45) is 1.99. The summed E-state index contributed by atoms with van der Waals surface area (Å²) in [6, 6.07) is 58.7. The molecule has 0 aliphatic rings. The van der Waals surface area contributed by atoms with Crippen molar-refractivity contribution in [1.82, 2.24) is 9.55 Å². The largest absolute Gasteiger partial charge is 0.311 e. The lowest BCUT2D eigenvalue weighted by molar-refractivity contribution is 1.18. The standard InChI is InChI=1S/C44H31N3/c1-30-25-41-38(31-21-23-36(24-22-31)46(33-13-5-2-6-14-33)34-15-7-3-8-16-34)26-32-27-43-40(28-39(32)44(41)45-29-30)37-19-11-12-20-42(37)47(43)35-17-9-4-10-18-35/h2-29H,1H3. The highest BCUT2D eigenvalue weighted by Gasteiger charge is 2.17. The Hall–Kier alpha value is -6.19. The molecule has 0 bridgehead atoms. The van der Waals surface area contributed by atoms with Gasteiger partial charge in [-0.3, -0.25) is 4.98 Å². The maximum absolute atomic E-state index is 5.06. The molecule has 0 atom stereocenters. The molecule has 2 aromatic heterocycles. The van der Waals surface area contributed by atoms with Gasteiger partial charge in [0.15, 0.2) is 0 Å². The summed E-state index contributed by atoms with van der Waals surface area (Å²) in [7, 11) is 0. The van der Waals surface area contributed by atoms with Crippen LogP contribution in [0.3, 0.4) is 0 Å². The van der Waals surface area contributed by atoms with Crippen LogP contribution in [0, 0.1) is 6.92 Å². The number of nitrogens with zero attached hydrogens (tertiary/aromatic N) is 3. The lowest BCUT2D eigenvalue weighted by Crippen LogP contribution is -2.09. The quantitative estimate of drug-likeness (QED) is 0.183. The molecule has 0 saturated carbocycles. The van der Waals surface area contributed by atoms with Crippen LogP contribution < -0.4 is 4.90 Å². The van der Waals surface area contributed by atoms with Crippen LogP contribution in [0.4, 0.5) is 17.1 Å². The number of aryl methyl sites for hydroxylation is 1. The molecule has 0 N–H and O–H groups in total. The van der Waals surface area contributed by atoms with Crippen molar-refractivity contribution in [3.8, 4) is 16.8 Å². The van der Waals surface area contributed by atoms with Crippen molar-refractivity contribution < 1.29 is 0 Å². The van der Waals surface area contributed by atoms with Crippen LogP contribution in [0.2, 0.25) is 0 Å². The molecule has 0 aliphatic carbocycles. The van der Waals surface area contributed by atoms with Crippen LogP contribution in [-0.4, -0.2) is 9.55 Å². The molecule has 0 unspecified atom stereocenters. The lowest BCUT2D eigenvalue weighted by atomic mass is 9.94. The van der Waals surface area contributed by atoms with E-state index in [9.17, 15) is 0 Å². The van der Waals surface area contributed by atoms with Gasteiger partial charge < -0.3 is 9.47 Å². The molecule has 3 heteroatoms. The number of anilines is 3. The maximum atomic E-state index is 5.06. The van der Waals surface area contributed by atoms with Gasteiger partial charge in [-0.15, -0.1) is 0 Å². The van der Waals surface area contributed by atoms with E-state index in [0.717, 1.165) is 39.4 Å². The second kappa shape index (κ2) is 11.0. The summed E-state index contributed by atoms with van der Waals surface area (Å²) in [4.78, 5) is 7.36. The van der Waals surface area contributed by atoms with Crippen molar-refractivity contribution in [1.29, 1.82) is 0 Å². The zero-order chi connectivity index (χ0) is 31.3. The van der Waals surface area contributed by atoms with E-state index in [2.05, 4.69) is 180 Å². The molecule has 0 radical (unpaired) electrons. The summed E-state index contributed by atoms with van der Waals surface area (Å²) in [5.41, 5.74) is 11.4. The van der Waals surface area contributed by atoms with Crippen LogP contribution >= 0.6 is 0 Å². The molecule has 0 aliphatic heterocycles. The summed E-state index contributed by atoms with van der Waals surface area (Å²) in [5.74, 6) is 0. The van der Waals surface area contributed by atoms with Crippen molar-refractivity contribution in [2.45, 2.75) is 6.92 Å². The van der Waals surface area contributed by atoms with Gasteiger partial charge in [-0.05, 0) is 108 Å². The normalized spacial score (nSPS) is 11.5. The predicted octanol–water partition coefficient (Wildman–Crippen LogP) is 11.9. The average molecular weight is 602 g/mol. The van der Waals surface area contributed by atoms with Crippen molar-refractivity contribution in [3.63, 3.8) is 0 Å². The van der Waals surface area contributed by atoms with Gasteiger partial charge in [0.2, 0.25) is 0 Å². The minimum Gasteiger partial charge on any atom is -0.311 e. The number of benzene rings is 7. The lowest BCUT2D eigenvalue weighted by Gasteiger charge is -2.25. The van der Waals surface area contributed by atoms with Gasteiger partial charge in [0, 0.05) is 50.5 Å². The first-order chi connectivity index (χ1) is 23.2. The van der Waals surface area contributed by atoms with E-state index in [0.29, 0.717) is 0 Å². The van der Waals surface area contributed by atoms with Gasteiger partial charge in [-0.2, -0.15) is 0 Å². The molecular formula is C44H31N3.